The van der Waals surface area contributed by atoms with Gasteiger partial charge in [-0.3, -0.25) is 9.59 Å². The van der Waals surface area contributed by atoms with Crippen molar-refractivity contribution in [2.75, 3.05) is 52.7 Å². The van der Waals surface area contributed by atoms with Gasteiger partial charge in [-0.15, -0.1) is 0 Å². The Morgan fingerprint density at radius 3 is 2.77 bits per heavy atom. The van der Waals surface area contributed by atoms with Gasteiger partial charge in [-0.2, -0.15) is 0 Å². The zero-order valence-corrected chi connectivity index (χ0v) is 18.8. The number of carbonyl (C=O) groups is 2. The first kappa shape index (κ1) is 24.1. The molecule has 2 amide bonds. The molecule has 3 atom stereocenters. The zero-order chi connectivity index (χ0) is 22.3. The number of hydrogen-bond donors (Lipinski definition) is 3. The number of nitrogens with one attached hydrogen (secondary N) is 2. The first-order valence-electron chi connectivity index (χ1n) is 10.6. The number of hydrogen-bond acceptors (Lipinski definition) is 6. The average molecular weight is 421 g/mol. The lowest BCUT2D eigenvalue weighted by atomic mass is 9.99. The topological polar surface area (TPSA) is 94.1 Å². The predicted molar refractivity (Wildman–Crippen MR) is 118 cm³/mol. The van der Waals surface area contributed by atoms with E-state index < -0.39 is 0 Å². The minimum Gasteiger partial charge on any atom is -0.488 e. The number of benzene rings is 1. The fourth-order valence-electron chi connectivity index (χ4n) is 3.52. The Balaban J connectivity index is 2.27. The highest BCUT2D eigenvalue weighted by molar-refractivity contribution is 5.99. The van der Waals surface area contributed by atoms with Gasteiger partial charge in [0.15, 0.2) is 0 Å². The SMILES string of the molecule is CNC[C@@H]1Oc2ccc(NC(=O)CCCN(C)C)cc2C(=O)N([C@H](C)CO)C[C@@H]1C. The summed E-state index contributed by atoms with van der Waals surface area (Å²) in [6.45, 7) is 5.71. The minimum atomic E-state index is -0.314. The number of carbonyl (C=O) groups excluding carboxylic acids is 2. The Morgan fingerprint density at radius 2 is 2.13 bits per heavy atom. The van der Waals surface area contributed by atoms with Gasteiger partial charge in [0.05, 0.1) is 18.2 Å². The van der Waals surface area contributed by atoms with Gasteiger partial charge < -0.3 is 30.3 Å². The lowest BCUT2D eigenvalue weighted by molar-refractivity contribution is -0.116. The summed E-state index contributed by atoms with van der Waals surface area (Å²) in [4.78, 5) is 29.3. The molecule has 2 rings (SSSR count). The molecule has 0 aliphatic carbocycles. The Kier molecular flexibility index (Phi) is 9.08. The van der Waals surface area contributed by atoms with Gasteiger partial charge in [-0.1, -0.05) is 6.92 Å². The zero-order valence-electron chi connectivity index (χ0n) is 18.8. The molecular weight excluding hydrogens is 384 g/mol. The third-order valence-electron chi connectivity index (χ3n) is 5.36. The summed E-state index contributed by atoms with van der Waals surface area (Å²) in [6, 6.07) is 4.86. The number of nitrogens with zero attached hydrogens (tertiary/aromatic N) is 2. The molecule has 1 aromatic rings. The molecule has 0 fully saturated rings. The fraction of sp³-hybridized carbons (Fsp3) is 0.636. The highest BCUT2D eigenvalue weighted by Crippen LogP contribution is 2.30. The van der Waals surface area contributed by atoms with Crippen LogP contribution in [0.3, 0.4) is 0 Å². The van der Waals surface area contributed by atoms with E-state index in [2.05, 4.69) is 10.6 Å². The quantitative estimate of drug-likeness (QED) is 0.559. The van der Waals surface area contributed by atoms with E-state index >= 15 is 0 Å². The molecule has 0 aromatic heterocycles. The van der Waals surface area contributed by atoms with E-state index in [-0.39, 0.29) is 36.5 Å². The molecule has 8 nitrogen and oxygen atoms in total. The van der Waals surface area contributed by atoms with Crippen LogP contribution in [0.25, 0.3) is 0 Å². The second kappa shape index (κ2) is 11.3. The summed E-state index contributed by atoms with van der Waals surface area (Å²) in [5.74, 6) is 0.287. The van der Waals surface area contributed by atoms with E-state index in [1.165, 1.54) is 0 Å². The number of fused-ring (bicyclic) bond motifs is 1. The third kappa shape index (κ3) is 6.42. The van der Waals surface area contributed by atoms with Crippen LogP contribution in [0.2, 0.25) is 0 Å². The van der Waals surface area contributed by atoms with Crippen LogP contribution < -0.4 is 15.4 Å². The van der Waals surface area contributed by atoms with E-state index in [9.17, 15) is 14.7 Å². The molecule has 1 aromatic carbocycles. The Bertz CT molecular complexity index is 725. The monoisotopic (exact) mass is 420 g/mol. The van der Waals surface area contributed by atoms with Gasteiger partial charge in [0.2, 0.25) is 5.91 Å². The van der Waals surface area contributed by atoms with Crippen molar-refractivity contribution in [3.8, 4) is 5.75 Å². The number of likely N-dealkylation sites (N-methyl/N-ethyl adjacent to an activating group) is 1. The van der Waals surface area contributed by atoms with Gasteiger partial charge in [0.1, 0.15) is 11.9 Å². The van der Waals surface area contributed by atoms with Crippen molar-refractivity contribution >= 4 is 17.5 Å². The van der Waals surface area contributed by atoms with Gasteiger partial charge in [-0.25, -0.2) is 0 Å². The minimum absolute atomic E-state index is 0.0830. The van der Waals surface area contributed by atoms with Crippen LogP contribution in [0.4, 0.5) is 5.69 Å². The highest BCUT2D eigenvalue weighted by atomic mass is 16.5. The standard InChI is InChI=1S/C22H36N4O4/c1-15-13-26(16(2)14-27)22(29)18-11-17(24-21(28)7-6-10-25(4)5)8-9-19(18)30-20(15)12-23-3/h8-9,11,15-16,20,23,27H,6-7,10,12-14H2,1-5H3,(H,24,28)/t15-,16+,20-/m0/s1. The summed E-state index contributed by atoms with van der Waals surface area (Å²) in [7, 11) is 5.81. The van der Waals surface area contributed by atoms with Crippen LogP contribution in [0.1, 0.15) is 37.0 Å². The summed E-state index contributed by atoms with van der Waals surface area (Å²) in [6.07, 6.45) is 1.05. The number of anilines is 1. The van der Waals surface area contributed by atoms with E-state index in [1.807, 2.05) is 39.9 Å². The van der Waals surface area contributed by atoms with Crippen molar-refractivity contribution in [2.45, 2.75) is 38.8 Å². The lowest BCUT2D eigenvalue weighted by Gasteiger charge is -2.37. The number of rotatable bonds is 9. The van der Waals surface area contributed by atoms with Crippen molar-refractivity contribution in [3.05, 3.63) is 23.8 Å². The predicted octanol–water partition coefficient (Wildman–Crippen LogP) is 1.41. The average Bonchev–Trinajstić information content (AvgIpc) is 2.70. The van der Waals surface area contributed by atoms with Crippen molar-refractivity contribution in [1.29, 1.82) is 0 Å². The molecule has 168 valence electrons. The number of ether oxygens (including phenoxy) is 1. The van der Waals surface area contributed by atoms with Gasteiger partial charge in [0, 0.05) is 31.1 Å². The van der Waals surface area contributed by atoms with Gasteiger partial charge >= 0.3 is 0 Å². The first-order valence-corrected chi connectivity index (χ1v) is 10.6. The van der Waals surface area contributed by atoms with Crippen LogP contribution in [0, 0.1) is 5.92 Å². The molecule has 1 aliphatic rings. The molecule has 0 saturated heterocycles. The van der Waals surface area contributed by atoms with Crippen LogP contribution in [-0.2, 0) is 4.79 Å². The second-order valence-electron chi connectivity index (χ2n) is 8.35. The lowest BCUT2D eigenvalue weighted by Crippen LogP contribution is -2.49. The number of aliphatic hydroxyl groups excluding tert-OH is 1. The van der Waals surface area contributed by atoms with Crippen LogP contribution in [0.5, 0.6) is 5.75 Å². The molecule has 1 aliphatic heterocycles. The second-order valence-corrected chi connectivity index (χ2v) is 8.35. The molecular formula is C22H36N4O4. The molecule has 8 heteroatoms. The summed E-state index contributed by atoms with van der Waals surface area (Å²) < 4.78 is 6.18. The van der Waals surface area contributed by atoms with E-state index in [1.54, 1.807) is 23.1 Å². The summed E-state index contributed by atoms with van der Waals surface area (Å²) >= 11 is 0. The number of amides is 2. The van der Waals surface area contributed by atoms with E-state index in [4.69, 9.17) is 4.74 Å². The van der Waals surface area contributed by atoms with Gasteiger partial charge in [-0.05, 0) is 59.2 Å². The maximum absolute atomic E-state index is 13.3. The Labute approximate surface area is 179 Å². The largest absolute Gasteiger partial charge is 0.488 e. The normalized spacial score (nSPS) is 20.2. The van der Waals surface area contributed by atoms with Crippen molar-refractivity contribution in [3.63, 3.8) is 0 Å². The molecule has 3 N–H and O–H groups in total. The summed E-state index contributed by atoms with van der Waals surface area (Å²) in [5, 5.41) is 15.7. The van der Waals surface area contributed by atoms with Gasteiger partial charge in [0.25, 0.3) is 5.91 Å². The van der Waals surface area contributed by atoms with E-state index in [0.29, 0.717) is 36.5 Å². The highest BCUT2D eigenvalue weighted by Gasteiger charge is 2.32. The van der Waals surface area contributed by atoms with Crippen LogP contribution in [-0.4, -0.2) is 86.3 Å². The molecule has 30 heavy (non-hydrogen) atoms. The van der Waals surface area contributed by atoms with Crippen molar-refractivity contribution in [1.82, 2.24) is 15.1 Å². The molecule has 1 heterocycles. The van der Waals surface area contributed by atoms with Crippen molar-refractivity contribution in [2.24, 2.45) is 5.92 Å². The molecule has 0 saturated carbocycles. The maximum Gasteiger partial charge on any atom is 0.258 e. The third-order valence-corrected chi connectivity index (χ3v) is 5.36. The molecule has 0 unspecified atom stereocenters. The molecule has 0 spiro atoms. The summed E-state index contributed by atoms with van der Waals surface area (Å²) in [5.41, 5.74) is 0.963. The fourth-order valence-corrected chi connectivity index (χ4v) is 3.52. The first-order chi connectivity index (χ1) is 14.3. The van der Waals surface area contributed by atoms with Crippen molar-refractivity contribution < 1.29 is 19.4 Å². The number of aliphatic hydroxyl groups is 1. The van der Waals surface area contributed by atoms with Crippen LogP contribution in [0.15, 0.2) is 18.2 Å². The Hall–Kier alpha value is -2.16. The molecule has 0 bridgehead atoms. The van der Waals surface area contributed by atoms with E-state index in [0.717, 1.165) is 13.0 Å². The Morgan fingerprint density at radius 1 is 1.40 bits per heavy atom. The smallest absolute Gasteiger partial charge is 0.258 e. The molecule has 0 radical (unpaired) electrons. The maximum atomic E-state index is 13.3. The van der Waals surface area contributed by atoms with Crippen LogP contribution >= 0.6 is 0 Å².